The maximum absolute atomic E-state index is 11.8. The van der Waals surface area contributed by atoms with Gasteiger partial charge in [0, 0.05) is 33.8 Å². The molecule has 86 valence electrons. The highest BCUT2D eigenvalue weighted by atomic mass is 16.5. The normalized spacial score (nSPS) is 16.2. The van der Waals surface area contributed by atoms with E-state index >= 15 is 0 Å². The molecule has 0 aromatic rings. The average Bonchev–Trinajstić information content (AvgIpc) is 2.28. The van der Waals surface area contributed by atoms with Crippen molar-refractivity contribution in [1.82, 2.24) is 9.80 Å². The Bertz CT molecular complexity index is 251. The van der Waals surface area contributed by atoms with Gasteiger partial charge >= 0.3 is 6.03 Å². The third-order valence-corrected chi connectivity index (χ3v) is 2.70. The van der Waals surface area contributed by atoms with E-state index in [1.807, 2.05) is 18.9 Å². The third-order valence-electron chi connectivity index (χ3n) is 2.70. The molecule has 0 spiro atoms. The topological polar surface area (TPSA) is 32.8 Å². The van der Waals surface area contributed by atoms with E-state index in [1.165, 1.54) is 5.57 Å². The zero-order valence-electron chi connectivity index (χ0n) is 9.82. The van der Waals surface area contributed by atoms with E-state index in [0.717, 1.165) is 19.5 Å². The first-order valence-corrected chi connectivity index (χ1v) is 5.36. The Labute approximate surface area is 91.5 Å². The molecule has 0 aromatic carbocycles. The van der Waals surface area contributed by atoms with Gasteiger partial charge in [0.2, 0.25) is 0 Å². The fraction of sp³-hybridized carbons (Fsp3) is 0.727. The molecular weight excluding hydrogens is 192 g/mol. The van der Waals surface area contributed by atoms with Crippen LogP contribution in [0.15, 0.2) is 11.6 Å². The zero-order chi connectivity index (χ0) is 11.3. The highest BCUT2D eigenvalue weighted by Crippen LogP contribution is 2.12. The Balaban J connectivity index is 2.46. The van der Waals surface area contributed by atoms with Crippen molar-refractivity contribution < 1.29 is 9.53 Å². The molecule has 15 heavy (non-hydrogen) atoms. The van der Waals surface area contributed by atoms with Crippen LogP contribution in [0.1, 0.15) is 13.3 Å². The molecule has 0 N–H and O–H groups in total. The molecule has 0 aromatic heterocycles. The summed E-state index contributed by atoms with van der Waals surface area (Å²) in [5.74, 6) is 0. The molecule has 4 heteroatoms. The quantitative estimate of drug-likeness (QED) is 0.661. The Kier molecular flexibility index (Phi) is 4.62. The molecule has 0 radical (unpaired) electrons. The van der Waals surface area contributed by atoms with Crippen molar-refractivity contribution in [1.29, 1.82) is 0 Å². The highest BCUT2D eigenvalue weighted by molar-refractivity contribution is 5.74. The van der Waals surface area contributed by atoms with Crippen molar-refractivity contribution in [3.63, 3.8) is 0 Å². The molecule has 4 nitrogen and oxygen atoms in total. The van der Waals surface area contributed by atoms with Crippen molar-refractivity contribution in [2.75, 3.05) is 40.4 Å². The molecule has 2 amide bonds. The largest absolute Gasteiger partial charge is 0.380 e. The highest BCUT2D eigenvalue weighted by Gasteiger charge is 2.19. The molecule has 0 bridgehead atoms. The number of nitrogens with zero attached hydrogens (tertiary/aromatic N) is 2. The lowest BCUT2D eigenvalue weighted by Crippen LogP contribution is -2.43. The second kappa shape index (κ2) is 5.75. The van der Waals surface area contributed by atoms with Crippen LogP contribution in [0.2, 0.25) is 0 Å². The van der Waals surface area contributed by atoms with Crippen LogP contribution in [0.3, 0.4) is 0 Å². The minimum Gasteiger partial charge on any atom is -0.380 e. The van der Waals surface area contributed by atoms with Crippen LogP contribution in [0.4, 0.5) is 4.79 Å². The van der Waals surface area contributed by atoms with Crippen LogP contribution in [0.25, 0.3) is 0 Å². The van der Waals surface area contributed by atoms with Crippen LogP contribution in [-0.4, -0.2) is 56.2 Å². The van der Waals surface area contributed by atoms with E-state index in [1.54, 1.807) is 12.0 Å². The van der Waals surface area contributed by atoms with E-state index in [0.29, 0.717) is 13.2 Å². The molecule has 0 saturated carbocycles. The predicted molar refractivity (Wildman–Crippen MR) is 59.8 cm³/mol. The van der Waals surface area contributed by atoms with Gasteiger partial charge in [-0.2, -0.15) is 0 Å². The number of ether oxygens (including phenoxy) is 1. The van der Waals surface area contributed by atoms with Gasteiger partial charge in [0.1, 0.15) is 0 Å². The average molecular weight is 212 g/mol. The van der Waals surface area contributed by atoms with Crippen LogP contribution in [0, 0.1) is 0 Å². The fourth-order valence-corrected chi connectivity index (χ4v) is 1.58. The van der Waals surface area contributed by atoms with Gasteiger partial charge in [-0.25, -0.2) is 4.79 Å². The van der Waals surface area contributed by atoms with Crippen LogP contribution >= 0.6 is 0 Å². The lowest BCUT2D eigenvalue weighted by molar-refractivity contribution is 0.165. The molecule has 1 heterocycles. The van der Waals surface area contributed by atoms with E-state index in [-0.39, 0.29) is 6.03 Å². The molecule has 0 unspecified atom stereocenters. The van der Waals surface area contributed by atoms with Gasteiger partial charge in [-0.3, -0.25) is 0 Å². The summed E-state index contributed by atoms with van der Waals surface area (Å²) in [7, 11) is 3.53. The third kappa shape index (κ3) is 3.23. The van der Waals surface area contributed by atoms with Crippen molar-refractivity contribution in [3.05, 3.63) is 11.6 Å². The van der Waals surface area contributed by atoms with E-state index in [4.69, 9.17) is 4.74 Å². The number of carbonyl (C=O) groups excluding carboxylic acids is 1. The number of hydrogen-bond donors (Lipinski definition) is 0. The van der Waals surface area contributed by atoms with Gasteiger partial charge in [-0.15, -0.1) is 0 Å². The molecule has 0 atom stereocenters. The van der Waals surface area contributed by atoms with Crippen molar-refractivity contribution in [2.45, 2.75) is 13.3 Å². The minimum atomic E-state index is 0.116. The second-order valence-corrected chi connectivity index (χ2v) is 3.79. The summed E-state index contributed by atoms with van der Waals surface area (Å²) in [6, 6.07) is 0.116. The van der Waals surface area contributed by atoms with Gasteiger partial charge in [0.05, 0.1) is 6.61 Å². The number of carbonyl (C=O) groups is 1. The maximum Gasteiger partial charge on any atom is 0.320 e. The molecule has 1 aliphatic heterocycles. The lowest BCUT2D eigenvalue weighted by Gasteiger charge is -2.30. The Hall–Kier alpha value is -1.03. The van der Waals surface area contributed by atoms with E-state index in [2.05, 4.69) is 6.08 Å². The molecule has 0 fully saturated rings. The first-order chi connectivity index (χ1) is 7.19. The fourth-order valence-electron chi connectivity index (χ4n) is 1.58. The Morgan fingerprint density at radius 3 is 2.87 bits per heavy atom. The summed E-state index contributed by atoms with van der Waals surface area (Å²) in [6.45, 7) is 4.93. The van der Waals surface area contributed by atoms with E-state index < -0.39 is 0 Å². The molecule has 1 aliphatic rings. The van der Waals surface area contributed by atoms with Crippen LogP contribution in [0.5, 0.6) is 0 Å². The standard InChI is InChI=1S/C11H20N2O2/c1-4-12(2)11(14)13-7-5-10(6-8-13)9-15-3/h5H,4,6-9H2,1-3H3. The Morgan fingerprint density at radius 2 is 2.40 bits per heavy atom. The number of amides is 2. The van der Waals surface area contributed by atoms with Crippen LogP contribution in [-0.2, 0) is 4.74 Å². The van der Waals surface area contributed by atoms with Gasteiger partial charge in [0.15, 0.2) is 0 Å². The minimum absolute atomic E-state index is 0.116. The first kappa shape index (κ1) is 12.0. The Morgan fingerprint density at radius 1 is 1.67 bits per heavy atom. The molecule has 0 saturated heterocycles. The molecule has 1 rings (SSSR count). The van der Waals surface area contributed by atoms with Crippen LogP contribution < -0.4 is 0 Å². The summed E-state index contributed by atoms with van der Waals surface area (Å²) < 4.78 is 5.06. The summed E-state index contributed by atoms with van der Waals surface area (Å²) in [5, 5.41) is 0. The monoisotopic (exact) mass is 212 g/mol. The summed E-state index contributed by atoms with van der Waals surface area (Å²) in [5.41, 5.74) is 1.29. The maximum atomic E-state index is 11.8. The van der Waals surface area contributed by atoms with E-state index in [9.17, 15) is 4.79 Å². The SMILES string of the molecule is CCN(C)C(=O)N1CC=C(COC)CC1. The smallest absolute Gasteiger partial charge is 0.320 e. The number of rotatable bonds is 3. The zero-order valence-corrected chi connectivity index (χ0v) is 9.82. The van der Waals surface area contributed by atoms with Gasteiger partial charge in [-0.05, 0) is 18.9 Å². The van der Waals surface area contributed by atoms with Gasteiger partial charge in [0.25, 0.3) is 0 Å². The predicted octanol–water partition coefficient (Wildman–Crippen LogP) is 1.34. The summed E-state index contributed by atoms with van der Waals surface area (Å²) >= 11 is 0. The van der Waals surface area contributed by atoms with Crippen molar-refractivity contribution in [3.8, 4) is 0 Å². The number of urea groups is 1. The number of methoxy groups -OCH3 is 1. The van der Waals surface area contributed by atoms with Gasteiger partial charge in [-0.1, -0.05) is 6.08 Å². The first-order valence-electron chi connectivity index (χ1n) is 5.36. The molecular formula is C11H20N2O2. The van der Waals surface area contributed by atoms with Crippen molar-refractivity contribution in [2.24, 2.45) is 0 Å². The number of hydrogen-bond acceptors (Lipinski definition) is 2. The van der Waals surface area contributed by atoms with Crippen molar-refractivity contribution >= 4 is 6.03 Å². The summed E-state index contributed by atoms with van der Waals surface area (Å²) in [6.07, 6.45) is 3.02. The molecule has 0 aliphatic carbocycles. The van der Waals surface area contributed by atoms with Gasteiger partial charge < -0.3 is 14.5 Å². The lowest BCUT2D eigenvalue weighted by atomic mass is 10.1. The second-order valence-electron chi connectivity index (χ2n) is 3.79. The summed E-state index contributed by atoms with van der Waals surface area (Å²) in [4.78, 5) is 15.4.